The molecule has 0 heterocycles. The highest BCUT2D eigenvalue weighted by atomic mass is 35.5. The second-order valence-corrected chi connectivity index (χ2v) is 10.8. The Morgan fingerprint density at radius 2 is 1.62 bits per heavy atom. The maximum Gasteiger partial charge on any atom is 0.208 e. The zero-order valence-corrected chi connectivity index (χ0v) is 21.1. The summed E-state index contributed by atoms with van der Waals surface area (Å²) in [4.78, 5) is 0. The SMILES string of the molecule is CC(C)Oc1ccc(C(O)N[C@H](CNS(C)(=O)=O)Cc2ccc(-c3ccccc3)cc2)cc1Cl. The summed E-state index contributed by atoms with van der Waals surface area (Å²) in [7, 11) is -3.39. The number of nitrogens with one attached hydrogen (secondary N) is 2. The fourth-order valence-corrected chi connectivity index (χ4v) is 4.28. The molecule has 0 aliphatic carbocycles. The van der Waals surface area contributed by atoms with Gasteiger partial charge in [0.25, 0.3) is 0 Å². The molecule has 0 spiro atoms. The Kier molecular flexibility index (Phi) is 9.10. The lowest BCUT2D eigenvalue weighted by molar-refractivity contribution is 0.123. The van der Waals surface area contributed by atoms with Crippen molar-refractivity contribution in [1.29, 1.82) is 0 Å². The lowest BCUT2D eigenvalue weighted by Gasteiger charge is -2.24. The molecule has 0 amide bonds. The van der Waals surface area contributed by atoms with E-state index in [9.17, 15) is 13.5 Å². The van der Waals surface area contributed by atoms with Crippen LogP contribution in [0.2, 0.25) is 5.02 Å². The van der Waals surface area contributed by atoms with Crippen LogP contribution >= 0.6 is 11.6 Å². The van der Waals surface area contributed by atoms with Crippen molar-refractivity contribution in [2.24, 2.45) is 0 Å². The standard InChI is InChI=1S/C26H31ClN2O4S/c1-18(2)33-25-14-13-22(16-24(25)27)26(30)29-23(17-28-34(3,31)32)15-19-9-11-21(12-10-19)20-7-5-4-6-8-20/h4-14,16,18,23,26,28-30H,15,17H2,1-3H3/t23-,26?/m0/s1. The normalized spacial score (nSPS) is 13.6. The van der Waals surface area contributed by atoms with Crippen LogP contribution in [-0.2, 0) is 16.4 Å². The number of benzene rings is 3. The van der Waals surface area contributed by atoms with E-state index in [0.717, 1.165) is 22.9 Å². The first-order chi connectivity index (χ1) is 16.1. The number of hydrogen-bond acceptors (Lipinski definition) is 5. The molecule has 0 aromatic heterocycles. The van der Waals surface area contributed by atoms with E-state index in [4.69, 9.17) is 16.3 Å². The molecule has 8 heteroatoms. The molecular weight excluding hydrogens is 472 g/mol. The Hall–Kier alpha value is -2.42. The van der Waals surface area contributed by atoms with Crippen molar-refractivity contribution in [3.05, 3.63) is 88.9 Å². The van der Waals surface area contributed by atoms with Gasteiger partial charge in [0.1, 0.15) is 12.0 Å². The number of halogens is 1. The summed E-state index contributed by atoms with van der Waals surface area (Å²) < 4.78 is 31.5. The van der Waals surface area contributed by atoms with Crippen molar-refractivity contribution < 1.29 is 18.3 Å². The van der Waals surface area contributed by atoms with E-state index in [2.05, 4.69) is 10.0 Å². The smallest absolute Gasteiger partial charge is 0.208 e. The Labute approximate surface area is 207 Å². The highest BCUT2D eigenvalue weighted by Crippen LogP contribution is 2.28. The minimum absolute atomic E-state index is 0.0221. The monoisotopic (exact) mass is 502 g/mol. The van der Waals surface area contributed by atoms with Crippen LogP contribution in [0.1, 0.15) is 31.2 Å². The zero-order chi connectivity index (χ0) is 24.7. The molecular formula is C26H31ClN2O4S. The molecule has 0 saturated carbocycles. The third-order valence-electron chi connectivity index (χ3n) is 5.16. The van der Waals surface area contributed by atoms with Gasteiger partial charge in [0.05, 0.1) is 17.4 Å². The van der Waals surface area contributed by atoms with Crippen molar-refractivity contribution in [3.8, 4) is 16.9 Å². The van der Waals surface area contributed by atoms with Gasteiger partial charge in [0.2, 0.25) is 10.0 Å². The zero-order valence-electron chi connectivity index (χ0n) is 19.5. The molecule has 6 nitrogen and oxygen atoms in total. The predicted molar refractivity (Wildman–Crippen MR) is 138 cm³/mol. The van der Waals surface area contributed by atoms with E-state index in [1.807, 2.05) is 68.4 Å². The van der Waals surface area contributed by atoms with Crippen LogP contribution in [0.4, 0.5) is 0 Å². The second-order valence-electron chi connectivity index (χ2n) is 8.51. The maximum atomic E-state index is 11.7. The molecule has 1 unspecified atom stereocenters. The van der Waals surface area contributed by atoms with Gasteiger partial charge in [-0.25, -0.2) is 13.1 Å². The molecule has 0 aliphatic heterocycles. The number of aliphatic hydroxyl groups is 1. The first-order valence-electron chi connectivity index (χ1n) is 11.1. The number of hydrogen-bond donors (Lipinski definition) is 3. The highest BCUT2D eigenvalue weighted by Gasteiger charge is 2.18. The van der Waals surface area contributed by atoms with Crippen LogP contribution in [0, 0.1) is 0 Å². The molecule has 0 aliphatic rings. The molecule has 0 bridgehead atoms. The van der Waals surface area contributed by atoms with Crippen molar-refractivity contribution in [3.63, 3.8) is 0 Å². The van der Waals surface area contributed by atoms with E-state index >= 15 is 0 Å². The Balaban J connectivity index is 1.73. The van der Waals surface area contributed by atoms with Gasteiger partial charge in [-0.1, -0.05) is 72.3 Å². The highest BCUT2D eigenvalue weighted by molar-refractivity contribution is 7.88. The maximum absolute atomic E-state index is 11.7. The summed E-state index contributed by atoms with van der Waals surface area (Å²) in [6.07, 6.45) is 0.561. The molecule has 3 aromatic carbocycles. The number of rotatable bonds is 11. The average molecular weight is 503 g/mol. The third-order valence-corrected chi connectivity index (χ3v) is 6.15. The molecule has 3 N–H and O–H groups in total. The van der Waals surface area contributed by atoms with Gasteiger partial charge < -0.3 is 9.84 Å². The van der Waals surface area contributed by atoms with Gasteiger partial charge >= 0.3 is 0 Å². The number of sulfonamides is 1. The Bertz CT molecular complexity index is 1170. The molecule has 182 valence electrons. The van der Waals surface area contributed by atoms with Crippen LogP contribution in [0.5, 0.6) is 5.75 Å². The molecule has 3 aromatic rings. The van der Waals surface area contributed by atoms with Crippen molar-refractivity contribution in [2.45, 2.75) is 38.6 Å². The first kappa shape index (κ1) is 26.2. The van der Waals surface area contributed by atoms with Gasteiger partial charge in [-0.2, -0.15) is 0 Å². The van der Waals surface area contributed by atoms with E-state index in [0.29, 0.717) is 22.8 Å². The van der Waals surface area contributed by atoms with Crippen LogP contribution in [-0.4, -0.2) is 38.5 Å². The van der Waals surface area contributed by atoms with Crippen molar-refractivity contribution in [1.82, 2.24) is 10.0 Å². The van der Waals surface area contributed by atoms with Gasteiger partial charge in [-0.05, 0) is 54.7 Å². The van der Waals surface area contributed by atoms with Crippen LogP contribution in [0.25, 0.3) is 11.1 Å². The molecule has 34 heavy (non-hydrogen) atoms. The summed E-state index contributed by atoms with van der Waals surface area (Å²) in [5.41, 5.74) is 3.80. The Morgan fingerprint density at radius 1 is 0.971 bits per heavy atom. The van der Waals surface area contributed by atoms with Crippen molar-refractivity contribution in [2.75, 3.05) is 12.8 Å². The average Bonchev–Trinajstić information content (AvgIpc) is 2.79. The van der Waals surface area contributed by atoms with E-state index < -0.39 is 16.3 Å². The van der Waals surface area contributed by atoms with Crippen LogP contribution < -0.4 is 14.8 Å². The van der Waals surface area contributed by atoms with E-state index in [1.54, 1.807) is 18.2 Å². The second kappa shape index (κ2) is 11.8. The summed E-state index contributed by atoms with van der Waals surface area (Å²) in [5, 5.41) is 14.3. The van der Waals surface area contributed by atoms with Gasteiger partial charge in [-0.3, -0.25) is 5.32 Å². The minimum Gasteiger partial charge on any atom is -0.489 e. The summed E-state index contributed by atoms with van der Waals surface area (Å²) in [5.74, 6) is 0.543. The first-order valence-corrected chi connectivity index (χ1v) is 13.4. The topological polar surface area (TPSA) is 87.7 Å². The lowest BCUT2D eigenvalue weighted by Crippen LogP contribution is -2.43. The number of ether oxygens (including phenoxy) is 1. The van der Waals surface area contributed by atoms with Crippen molar-refractivity contribution >= 4 is 21.6 Å². The van der Waals surface area contributed by atoms with Crippen LogP contribution in [0.15, 0.2) is 72.8 Å². The van der Waals surface area contributed by atoms with Gasteiger partial charge in [0.15, 0.2) is 0 Å². The Morgan fingerprint density at radius 3 is 2.21 bits per heavy atom. The van der Waals surface area contributed by atoms with E-state index in [-0.39, 0.29) is 18.7 Å². The third kappa shape index (κ3) is 8.11. The quantitative estimate of drug-likeness (QED) is 0.335. The summed E-state index contributed by atoms with van der Waals surface area (Å²) >= 11 is 6.31. The van der Waals surface area contributed by atoms with Gasteiger partial charge in [-0.15, -0.1) is 0 Å². The fraction of sp³-hybridized carbons (Fsp3) is 0.308. The molecule has 0 radical (unpaired) electrons. The number of aliphatic hydroxyl groups excluding tert-OH is 1. The minimum atomic E-state index is -3.39. The molecule has 0 fully saturated rings. The molecule has 0 saturated heterocycles. The molecule has 3 rings (SSSR count). The molecule has 2 atom stereocenters. The summed E-state index contributed by atoms with van der Waals surface area (Å²) in [6.45, 7) is 3.94. The fourth-order valence-electron chi connectivity index (χ4n) is 3.55. The van der Waals surface area contributed by atoms with Gasteiger partial charge in [0, 0.05) is 12.6 Å². The lowest BCUT2D eigenvalue weighted by atomic mass is 10.0. The van der Waals surface area contributed by atoms with E-state index in [1.165, 1.54) is 0 Å². The summed E-state index contributed by atoms with van der Waals surface area (Å²) in [6, 6.07) is 22.9. The largest absolute Gasteiger partial charge is 0.489 e. The van der Waals surface area contributed by atoms with Crippen LogP contribution in [0.3, 0.4) is 0 Å². The predicted octanol–water partition coefficient (Wildman–Crippen LogP) is 4.54.